The molecule has 1 aromatic heterocycles. The van der Waals surface area contributed by atoms with E-state index in [1.165, 1.54) is 18.3 Å². The molecule has 0 aliphatic carbocycles. The van der Waals surface area contributed by atoms with Crippen molar-refractivity contribution in [2.45, 2.75) is 18.2 Å². The van der Waals surface area contributed by atoms with Crippen LogP contribution in [0.5, 0.6) is 5.06 Å². The van der Waals surface area contributed by atoms with Crippen LogP contribution in [0.4, 0.5) is 0 Å². The van der Waals surface area contributed by atoms with E-state index in [0.717, 1.165) is 0 Å². The van der Waals surface area contributed by atoms with E-state index < -0.39 is 0 Å². The van der Waals surface area contributed by atoms with E-state index >= 15 is 0 Å². The normalized spacial score (nSPS) is 9.73. The largest absolute Gasteiger partial charge is 0.414 e. The zero-order chi connectivity index (χ0) is 8.43. The molecule has 0 radical (unpaired) electrons. The molecule has 60 valence electrons. The molecule has 0 spiro atoms. The number of ether oxygens (including phenoxy) is 1. The molecule has 0 N–H and O–H groups in total. The Morgan fingerprint density at radius 2 is 2.36 bits per heavy atom. The van der Waals surface area contributed by atoms with Crippen LogP contribution in [0.3, 0.4) is 0 Å². The lowest BCUT2D eigenvalue weighted by Gasteiger charge is -1.94. The number of esters is 1. The quantitative estimate of drug-likeness (QED) is 0.539. The van der Waals surface area contributed by atoms with Crippen LogP contribution in [0.25, 0.3) is 0 Å². The molecule has 0 saturated carbocycles. The van der Waals surface area contributed by atoms with Crippen LogP contribution in [0.1, 0.15) is 12.6 Å². The number of thiol groups is 1. The molecule has 0 aliphatic heterocycles. The van der Waals surface area contributed by atoms with Gasteiger partial charge in [-0.1, -0.05) is 11.3 Å². The van der Waals surface area contributed by atoms with E-state index in [1.807, 2.05) is 0 Å². The van der Waals surface area contributed by atoms with E-state index in [2.05, 4.69) is 17.6 Å². The first kappa shape index (κ1) is 8.55. The van der Waals surface area contributed by atoms with Crippen LogP contribution >= 0.6 is 24.0 Å². The van der Waals surface area contributed by atoms with Crippen molar-refractivity contribution in [3.63, 3.8) is 0 Å². The Morgan fingerprint density at radius 3 is 2.73 bits per heavy atom. The monoisotopic (exact) mass is 189 g/mol. The highest BCUT2D eigenvalue weighted by molar-refractivity contribution is 7.82. The lowest BCUT2D eigenvalue weighted by molar-refractivity contribution is -0.131. The summed E-state index contributed by atoms with van der Waals surface area (Å²) in [7, 11) is 0. The minimum absolute atomic E-state index is 0.329. The molecule has 0 bridgehead atoms. The van der Waals surface area contributed by atoms with Gasteiger partial charge in [-0.3, -0.25) is 4.79 Å². The van der Waals surface area contributed by atoms with Crippen LogP contribution < -0.4 is 4.74 Å². The van der Waals surface area contributed by atoms with Crippen molar-refractivity contribution in [2.24, 2.45) is 0 Å². The summed E-state index contributed by atoms with van der Waals surface area (Å²) in [5.41, 5.74) is 0.704. The average Bonchev–Trinajstić information content (AvgIpc) is 2.09. The molecule has 5 heteroatoms. The maximum atomic E-state index is 10.5. The molecule has 0 unspecified atom stereocenters. The molecule has 0 amide bonds. The standard InChI is InChI=1S/C6H7NO2S2/c1-3-5(9-4(2)8)11-6(10)7-3/h1-2H3,(H,7,10). The molecule has 11 heavy (non-hydrogen) atoms. The molecule has 0 aliphatic rings. The number of thiazole rings is 1. The van der Waals surface area contributed by atoms with Gasteiger partial charge in [0.1, 0.15) is 0 Å². The summed E-state index contributed by atoms with van der Waals surface area (Å²) in [6, 6.07) is 0. The third-order valence-corrected chi connectivity index (χ3v) is 2.19. The molecule has 1 aromatic rings. The van der Waals surface area contributed by atoms with Crippen molar-refractivity contribution < 1.29 is 9.53 Å². The van der Waals surface area contributed by atoms with Gasteiger partial charge in [0.05, 0.1) is 5.69 Å². The van der Waals surface area contributed by atoms with E-state index in [-0.39, 0.29) is 5.97 Å². The molecule has 1 heterocycles. The van der Waals surface area contributed by atoms with Gasteiger partial charge in [0.2, 0.25) is 5.06 Å². The zero-order valence-corrected chi connectivity index (χ0v) is 7.83. The number of hydrogen-bond acceptors (Lipinski definition) is 5. The van der Waals surface area contributed by atoms with E-state index in [4.69, 9.17) is 4.74 Å². The number of carbonyl (C=O) groups is 1. The zero-order valence-electron chi connectivity index (χ0n) is 6.12. The third-order valence-electron chi connectivity index (χ3n) is 0.979. The fraction of sp³-hybridized carbons (Fsp3) is 0.333. The van der Waals surface area contributed by atoms with Gasteiger partial charge in [0, 0.05) is 6.92 Å². The lowest BCUT2D eigenvalue weighted by atomic mass is 10.5. The van der Waals surface area contributed by atoms with Gasteiger partial charge in [-0.25, -0.2) is 4.98 Å². The predicted molar refractivity (Wildman–Crippen MR) is 45.4 cm³/mol. The van der Waals surface area contributed by atoms with Crippen molar-refractivity contribution in [3.05, 3.63) is 5.69 Å². The Kier molecular flexibility index (Phi) is 2.51. The number of hydrogen-bond donors (Lipinski definition) is 1. The van der Waals surface area contributed by atoms with Gasteiger partial charge >= 0.3 is 5.97 Å². The van der Waals surface area contributed by atoms with Gasteiger partial charge in [-0.05, 0) is 6.92 Å². The van der Waals surface area contributed by atoms with Crippen molar-refractivity contribution in [2.75, 3.05) is 0 Å². The Labute approximate surface area is 73.8 Å². The van der Waals surface area contributed by atoms with E-state index in [1.54, 1.807) is 6.92 Å². The molecular formula is C6H7NO2S2. The highest BCUT2D eigenvalue weighted by Crippen LogP contribution is 2.28. The van der Waals surface area contributed by atoms with Crippen molar-refractivity contribution in [3.8, 4) is 5.06 Å². The van der Waals surface area contributed by atoms with Crippen molar-refractivity contribution >= 4 is 29.9 Å². The van der Waals surface area contributed by atoms with Crippen LogP contribution in [0.2, 0.25) is 0 Å². The first-order chi connectivity index (χ1) is 5.09. The van der Waals surface area contributed by atoms with Crippen LogP contribution in [-0.4, -0.2) is 11.0 Å². The minimum atomic E-state index is -0.329. The number of aromatic nitrogens is 1. The number of nitrogens with zero attached hydrogens (tertiary/aromatic N) is 1. The van der Waals surface area contributed by atoms with Crippen molar-refractivity contribution in [1.82, 2.24) is 4.98 Å². The molecule has 0 atom stereocenters. The first-order valence-electron chi connectivity index (χ1n) is 2.94. The smallest absolute Gasteiger partial charge is 0.308 e. The second kappa shape index (κ2) is 3.23. The molecular weight excluding hydrogens is 182 g/mol. The number of aryl methyl sites for hydroxylation is 1. The summed E-state index contributed by atoms with van der Waals surface area (Å²) in [6.45, 7) is 3.13. The highest BCUT2D eigenvalue weighted by atomic mass is 32.2. The van der Waals surface area contributed by atoms with E-state index in [0.29, 0.717) is 15.1 Å². The van der Waals surface area contributed by atoms with Crippen molar-refractivity contribution in [1.29, 1.82) is 0 Å². The van der Waals surface area contributed by atoms with Gasteiger partial charge in [0.15, 0.2) is 4.34 Å². The Hall–Kier alpha value is -0.550. The third kappa shape index (κ3) is 2.20. The Bertz CT molecular complexity index is 282. The molecule has 0 aromatic carbocycles. The predicted octanol–water partition coefficient (Wildman–Crippen LogP) is 1.67. The van der Waals surface area contributed by atoms with Crippen LogP contribution in [0, 0.1) is 6.92 Å². The summed E-state index contributed by atoms with van der Waals surface area (Å²) in [4.78, 5) is 14.5. The number of carbonyl (C=O) groups excluding carboxylic acids is 1. The van der Waals surface area contributed by atoms with Crippen LogP contribution in [0.15, 0.2) is 4.34 Å². The topological polar surface area (TPSA) is 39.2 Å². The van der Waals surface area contributed by atoms with Gasteiger partial charge in [-0.2, -0.15) is 0 Å². The van der Waals surface area contributed by atoms with Gasteiger partial charge in [0.25, 0.3) is 0 Å². The summed E-state index contributed by atoms with van der Waals surface area (Å²) in [5, 5.41) is 0.530. The number of rotatable bonds is 1. The highest BCUT2D eigenvalue weighted by Gasteiger charge is 2.07. The molecule has 1 rings (SSSR count). The fourth-order valence-electron chi connectivity index (χ4n) is 0.594. The van der Waals surface area contributed by atoms with Gasteiger partial charge < -0.3 is 4.74 Å². The summed E-state index contributed by atoms with van der Waals surface area (Å²) in [5.74, 6) is -0.329. The van der Waals surface area contributed by atoms with Crippen LogP contribution in [-0.2, 0) is 4.79 Å². The summed E-state index contributed by atoms with van der Waals surface area (Å²) < 4.78 is 5.44. The second-order valence-corrected chi connectivity index (χ2v) is 3.65. The SMILES string of the molecule is CC(=O)Oc1sc(S)nc1C. The fourth-order valence-corrected chi connectivity index (χ4v) is 1.69. The molecule has 0 fully saturated rings. The lowest BCUT2D eigenvalue weighted by Crippen LogP contribution is -2.00. The Morgan fingerprint density at radius 1 is 1.73 bits per heavy atom. The molecule has 3 nitrogen and oxygen atoms in total. The maximum absolute atomic E-state index is 10.5. The maximum Gasteiger partial charge on any atom is 0.308 e. The average molecular weight is 189 g/mol. The van der Waals surface area contributed by atoms with E-state index in [9.17, 15) is 4.79 Å². The Balaban J connectivity index is 2.85. The molecule has 0 saturated heterocycles. The van der Waals surface area contributed by atoms with Gasteiger partial charge in [-0.15, -0.1) is 12.6 Å². The minimum Gasteiger partial charge on any atom is -0.414 e. The second-order valence-electron chi connectivity index (χ2n) is 1.96. The summed E-state index contributed by atoms with van der Waals surface area (Å²) >= 11 is 5.27. The summed E-state index contributed by atoms with van der Waals surface area (Å²) in [6.07, 6.45) is 0. The first-order valence-corrected chi connectivity index (χ1v) is 4.21.